The number of carbonyl (C=O) groups excluding carboxylic acids is 1. The molecule has 0 spiro atoms. The first-order valence-electron chi connectivity index (χ1n) is 13.6. The van der Waals surface area contributed by atoms with Gasteiger partial charge in [-0.05, 0) is 48.1 Å². The van der Waals surface area contributed by atoms with E-state index in [-0.39, 0.29) is 5.92 Å². The van der Waals surface area contributed by atoms with Crippen LogP contribution in [0.25, 0.3) is 27.8 Å². The lowest BCUT2D eigenvalue weighted by molar-refractivity contribution is -0.138. The van der Waals surface area contributed by atoms with Crippen LogP contribution in [0.5, 0.6) is 0 Å². The molecule has 0 bridgehead atoms. The fraction of sp³-hybridized carbons (Fsp3) is 0.267. The van der Waals surface area contributed by atoms with Crippen LogP contribution in [0.1, 0.15) is 21.6 Å². The molecule has 2 fully saturated rings. The molecular formula is C30H24F3N9O. The van der Waals surface area contributed by atoms with E-state index in [0.717, 1.165) is 47.2 Å². The molecule has 1 N–H and O–H groups in total. The van der Waals surface area contributed by atoms with Crippen molar-refractivity contribution in [3.05, 3.63) is 84.3 Å². The number of amides is 1. The van der Waals surface area contributed by atoms with Gasteiger partial charge in [0.1, 0.15) is 17.6 Å². The summed E-state index contributed by atoms with van der Waals surface area (Å²) < 4.78 is 43.2. The molecule has 43 heavy (non-hydrogen) atoms. The maximum absolute atomic E-state index is 13.3. The summed E-state index contributed by atoms with van der Waals surface area (Å²) in [6.07, 6.45) is 5.44. The van der Waals surface area contributed by atoms with Crippen molar-refractivity contribution < 1.29 is 18.0 Å². The number of aromatic nitrogens is 6. The molecule has 7 rings (SSSR count). The van der Waals surface area contributed by atoms with Gasteiger partial charge in [-0.15, -0.1) is 0 Å². The number of alkyl halides is 3. The lowest BCUT2D eigenvalue weighted by Crippen LogP contribution is -2.32. The summed E-state index contributed by atoms with van der Waals surface area (Å²) in [5.74, 6) is 0.857. The van der Waals surface area contributed by atoms with Gasteiger partial charge in [0.05, 0.1) is 29.0 Å². The number of fused-ring (bicyclic) bond motifs is 2. The van der Waals surface area contributed by atoms with Gasteiger partial charge in [0.25, 0.3) is 5.91 Å². The van der Waals surface area contributed by atoms with Crippen molar-refractivity contribution >= 4 is 17.2 Å². The summed E-state index contributed by atoms with van der Waals surface area (Å²) in [7, 11) is 1.85. The van der Waals surface area contributed by atoms with E-state index >= 15 is 0 Å². The fourth-order valence-corrected chi connectivity index (χ4v) is 6.13. The smallest absolute Gasteiger partial charge is 0.356 e. The SMILES string of the molecule is Cn1cc(-c2cc(-c3ccc(N4C[C@@H]5[C@@H](CNC(=O)c6ncccc6C(F)(F)F)[C@@H]5C4)nc3)c3c(C#N)cnn3c2)cn1. The number of nitriles is 1. The van der Waals surface area contributed by atoms with E-state index in [9.17, 15) is 23.2 Å². The van der Waals surface area contributed by atoms with Crippen LogP contribution in [0.2, 0.25) is 0 Å². The van der Waals surface area contributed by atoms with Crippen LogP contribution >= 0.6 is 0 Å². The number of anilines is 1. The molecule has 0 aromatic carbocycles. The highest BCUT2D eigenvalue weighted by molar-refractivity contribution is 5.94. The third kappa shape index (κ3) is 4.74. The van der Waals surface area contributed by atoms with Gasteiger partial charge in [0, 0.05) is 73.7 Å². The quantitative estimate of drug-likeness (QED) is 0.319. The number of hydrogen-bond acceptors (Lipinski definition) is 7. The van der Waals surface area contributed by atoms with E-state index in [2.05, 4.69) is 31.5 Å². The first-order chi connectivity index (χ1) is 20.7. The van der Waals surface area contributed by atoms with E-state index < -0.39 is 23.3 Å². The Hall–Kier alpha value is -5.25. The first kappa shape index (κ1) is 26.6. The third-order valence-electron chi connectivity index (χ3n) is 8.35. The van der Waals surface area contributed by atoms with Gasteiger partial charge in [0.2, 0.25) is 0 Å². The van der Waals surface area contributed by atoms with Crippen molar-refractivity contribution in [3.63, 3.8) is 0 Å². The summed E-state index contributed by atoms with van der Waals surface area (Å²) in [5.41, 5.74) is 3.02. The zero-order valence-corrected chi connectivity index (χ0v) is 22.8. The van der Waals surface area contributed by atoms with Crippen LogP contribution in [0.3, 0.4) is 0 Å². The molecule has 1 amide bonds. The van der Waals surface area contributed by atoms with Gasteiger partial charge in [-0.3, -0.25) is 14.5 Å². The van der Waals surface area contributed by atoms with Crippen molar-refractivity contribution in [1.29, 1.82) is 5.26 Å². The monoisotopic (exact) mass is 583 g/mol. The Labute approximate surface area is 243 Å². The van der Waals surface area contributed by atoms with Crippen LogP contribution in [-0.2, 0) is 13.2 Å². The van der Waals surface area contributed by atoms with Crippen molar-refractivity contribution in [2.75, 3.05) is 24.5 Å². The minimum Gasteiger partial charge on any atom is -0.356 e. The highest BCUT2D eigenvalue weighted by atomic mass is 19.4. The zero-order chi connectivity index (χ0) is 29.9. The fourth-order valence-electron chi connectivity index (χ4n) is 6.13. The molecule has 1 aliphatic heterocycles. The molecular weight excluding hydrogens is 559 g/mol. The van der Waals surface area contributed by atoms with Gasteiger partial charge in [-0.25, -0.2) is 9.50 Å². The molecule has 216 valence electrons. The average molecular weight is 584 g/mol. The molecule has 1 saturated heterocycles. The summed E-state index contributed by atoms with van der Waals surface area (Å²) in [4.78, 5) is 23.1. The van der Waals surface area contributed by atoms with Gasteiger partial charge in [0.15, 0.2) is 0 Å². The summed E-state index contributed by atoms with van der Waals surface area (Å²) in [6, 6.07) is 10.2. The molecule has 10 nitrogen and oxygen atoms in total. The molecule has 5 aromatic rings. The Morgan fingerprint density at radius 2 is 1.86 bits per heavy atom. The molecule has 6 heterocycles. The maximum Gasteiger partial charge on any atom is 0.418 e. The highest BCUT2D eigenvalue weighted by Crippen LogP contribution is 2.52. The number of nitrogens with one attached hydrogen (secondary N) is 1. The lowest BCUT2D eigenvalue weighted by atomic mass is 10.0. The Balaban J connectivity index is 1.04. The Morgan fingerprint density at radius 3 is 2.53 bits per heavy atom. The second kappa shape index (κ2) is 9.94. The largest absolute Gasteiger partial charge is 0.418 e. The highest BCUT2D eigenvalue weighted by Gasteiger charge is 2.55. The molecule has 1 saturated carbocycles. The molecule has 13 heteroatoms. The normalized spacial score (nSPS) is 19.3. The maximum atomic E-state index is 13.3. The van der Waals surface area contributed by atoms with Crippen molar-refractivity contribution in [2.24, 2.45) is 24.8 Å². The molecule has 5 aromatic heterocycles. The van der Waals surface area contributed by atoms with E-state index in [0.29, 0.717) is 29.5 Å². The number of rotatable bonds is 6. The van der Waals surface area contributed by atoms with Crippen LogP contribution in [0.15, 0.2) is 67.5 Å². The van der Waals surface area contributed by atoms with Crippen LogP contribution in [0.4, 0.5) is 19.0 Å². The summed E-state index contributed by atoms with van der Waals surface area (Å²) in [6.45, 7) is 1.80. The van der Waals surface area contributed by atoms with Crippen LogP contribution < -0.4 is 10.2 Å². The second-order valence-electron chi connectivity index (χ2n) is 10.9. The molecule has 0 unspecified atom stereocenters. The van der Waals surface area contributed by atoms with Gasteiger partial charge < -0.3 is 10.2 Å². The topological polar surface area (TPSA) is 117 Å². The minimum absolute atomic E-state index is 0.201. The number of aryl methyl sites for hydroxylation is 1. The predicted molar refractivity (Wildman–Crippen MR) is 150 cm³/mol. The lowest BCUT2D eigenvalue weighted by Gasteiger charge is -2.21. The zero-order valence-electron chi connectivity index (χ0n) is 22.8. The number of piperidine rings is 1. The number of pyridine rings is 3. The second-order valence-corrected chi connectivity index (χ2v) is 10.9. The Bertz CT molecular complexity index is 1890. The molecule has 0 radical (unpaired) electrons. The van der Waals surface area contributed by atoms with Gasteiger partial charge in [-0.2, -0.15) is 28.6 Å². The van der Waals surface area contributed by atoms with Crippen molar-refractivity contribution in [1.82, 2.24) is 34.7 Å². The molecule has 1 aliphatic carbocycles. The van der Waals surface area contributed by atoms with Gasteiger partial charge >= 0.3 is 6.18 Å². The Kier molecular flexibility index (Phi) is 6.16. The number of hydrogen-bond donors (Lipinski definition) is 1. The van der Waals surface area contributed by atoms with Crippen molar-refractivity contribution in [3.8, 4) is 28.3 Å². The Morgan fingerprint density at radius 1 is 1.05 bits per heavy atom. The number of halogens is 3. The number of nitrogens with zero attached hydrogens (tertiary/aromatic N) is 8. The van der Waals surface area contributed by atoms with E-state index in [1.165, 1.54) is 12.3 Å². The van der Waals surface area contributed by atoms with Gasteiger partial charge in [-0.1, -0.05) is 0 Å². The summed E-state index contributed by atoms with van der Waals surface area (Å²) >= 11 is 0. The van der Waals surface area contributed by atoms with Crippen LogP contribution in [-0.4, -0.2) is 54.9 Å². The van der Waals surface area contributed by atoms with E-state index in [4.69, 9.17) is 4.98 Å². The number of carbonyl (C=O) groups is 1. The molecule has 2 aliphatic rings. The van der Waals surface area contributed by atoms with E-state index in [1.54, 1.807) is 27.8 Å². The summed E-state index contributed by atoms with van der Waals surface area (Å²) in [5, 5.41) is 21.0. The third-order valence-corrected chi connectivity index (χ3v) is 8.35. The minimum atomic E-state index is -4.65. The first-order valence-corrected chi connectivity index (χ1v) is 13.6. The van der Waals surface area contributed by atoms with Crippen molar-refractivity contribution in [2.45, 2.75) is 6.18 Å². The predicted octanol–water partition coefficient (Wildman–Crippen LogP) is 4.19. The standard InChI is InChI=1S/C30H24F3N9O/c1-40-13-20(11-38-40)18-7-21(28-19(8-34)10-39-42(28)14-18)17-4-5-26(36-9-17)41-15-23-22(24(23)16-41)12-37-29(43)27-25(30(31,32)33)3-2-6-35-27/h2-7,9-11,13-14,22-24H,12,15-16H2,1H3,(H,37,43)/t22-,23-,24+. The van der Waals surface area contributed by atoms with E-state index in [1.807, 2.05) is 37.6 Å². The molecule has 3 atom stereocenters. The van der Waals surface area contributed by atoms with Crippen LogP contribution in [0, 0.1) is 29.1 Å². The average Bonchev–Trinajstić information content (AvgIpc) is 3.44.